The number of rotatable bonds is 4. The van der Waals surface area contributed by atoms with Crippen LogP contribution in [0.25, 0.3) is 0 Å². The van der Waals surface area contributed by atoms with Gasteiger partial charge in [-0.05, 0) is 0 Å². The van der Waals surface area contributed by atoms with E-state index < -0.39 is 0 Å². The van der Waals surface area contributed by atoms with Crippen molar-refractivity contribution in [2.75, 3.05) is 31.9 Å². The van der Waals surface area contributed by atoms with E-state index in [-0.39, 0.29) is 16.6 Å². The smallest absolute Gasteiger partial charge is 0.232 e. The Hall–Kier alpha value is -0.970. The molecule has 1 heterocycles. The van der Waals surface area contributed by atoms with Crippen molar-refractivity contribution in [1.29, 1.82) is 0 Å². The molecule has 19 heavy (non-hydrogen) atoms. The van der Waals surface area contributed by atoms with Crippen LogP contribution in [0, 0.1) is 0 Å². The highest BCUT2D eigenvalue weighted by molar-refractivity contribution is 8.01. The van der Waals surface area contributed by atoms with Gasteiger partial charge < -0.3 is 9.80 Å². The van der Waals surface area contributed by atoms with Crippen LogP contribution < -0.4 is 0 Å². The minimum Gasteiger partial charge on any atom is -0.339 e. The third kappa shape index (κ3) is 5.68. The summed E-state index contributed by atoms with van der Waals surface area (Å²) in [7, 11) is 0. The Morgan fingerprint density at radius 2 is 1.58 bits per heavy atom. The Morgan fingerprint density at radius 1 is 1.11 bits per heavy atom. The SMILES string of the molecule is C=CCC(=O)N1CCN(C(=O)CSC(C)(C)C)CC1. The predicted molar refractivity (Wildman–Crippen MR) is 80.2 cm³/mol. The topological polar surface area (TPSA) is 40.6 Å². The van der Waals surface area contributed by atoms with Crippen LogP contribution in [0.5, 0.6) is 0 Å². The maximum atomic E-state index is 12.0. The Morgan fingerprint density at radius 3 is 2.00 bits per heavy atom. The fraction of sp³-hybridized carbons (Fsp3) is 0.714. The van der Waals surface area contributed by atoms with Gasteiger partial charge in [-0.2, -0.15) is 0 Å². The average Bonchev–Trinajstić information content (AvgIpc) is 2.35. The molecule has 1 aliphatic rings. The van der Waals surface area contributed by atoms with Crippen molar-refractivity contribution in [2.24, 2.45) is 0 Å². The van der Waals surface area contributed by atoms with Crippen LogP contribution in [0.1, 0.15) is 27.2 Å². The highest BCUT2D eigenvalue weighted by atomic mass is 32.2. The van der Waals surface area contributed by atoms with Crippen LogP contribution >= 0.6 is 11.8 Å². The average molecular weight is 284 g/mol. The lowest BCUT2D eigenvalue weighted by Crippen LogP contribution is -2.51. The highest BCUT2D eigenvalue weighted by Gasteiger charge is 2.24. The van der Waals surface area contributed by atoms with Gasteiger partial charge in [-0.3, -0.25) is 9.59 Å². The van der Waals surface area contributed by atoms with Gasteiger partial charge in [0.05, 0.1) is 5.75 Å². The van der Waals surface area contributed by atoms with Crippen LogP contribution in [0.3, 0.4) is 0 Å². The number of thioether (sulfide) groups is 1. The minimum atomic E-state index is 0.103. The Kier molecular flexibility index (Phi) is 5.91. The first-order chi connectivity index (χ1) is 8.83. The molecule has 1 rings (SSSR count). The molecule has 0 atom stereocenters. The standard InChI is InChI=1S/C14H24N2O2S/c1-5-6-12(17)15-7-9-16(10-8-15)13(18)11-19-14(2,3)4/h5H,1,6-11H2,2-4H3. The first kappa shape index (κ1) is 16.1. The molecule has 0 aliphatic carbocycles. The third-order valence-electron chi connectivity index (χ3n) is 2.93. The van der Waals surface area contributed by atoms with Gasteiger partial charge in [-0.15, -0.1) is 18.3 Å². The van der Waals surface area contributed by atoms with E-state index in [0.29, 0.717) is 38.4 Å². The van der Waals surface area contributed by atoms with Crippen LogP contribution in [-0.4, -0.2) is 58.3 Å². The van der Waals surface area contributed by atoms with Crippen molar-refractivity contribution in [3.05, 3.63) is 12.7 Å². The molecular formula is C14H24N2O2S. The summed E-state index contributed by atoms with van der Waals surface area (Å²) in [6.07, 6.45) is 2.01. The Balaban J connectivity index is 2.35. The molecule has 1 saturated heterocycles. The van der Waals surface area contributed by atoms with E-state index in [4.69, 9.17) is 0 Å². The number of hydrogen-bond donors (Lipinski definition) is 0. The third-order valence-corrected chi connectivity index (χ3v) is 4.19. The lowest BCUT2D eigenvalue weighted by atomic mass is 10.2. The van der Waals surface area contributed by atoms with E-state index in [2.05, 4.69) is 27.4 Å². The fourth-order valence-electron chi connectivity index (χ4n) is 1.83. The molecule has 1 aliphatic heterocycles. The monoisotopic (exact) mass is 284 g/mol. The number of hydrogen-bond acceptors (Lipinski definition) is 3. The van der Waals surface area contributed by atoms with Crippen molar-refractivity contribution in [3.63, 3.8) is 0 Å². The first-order valence-corrected chi connectivity index (χ1v) is 7.62. The molecule has 108 valence electrons. The summed E-state index contributed by atoms with van der Waals surface area (Å²) in [6.45, 7) is 12.5. The number of nitrogens with zero attached hydrogens (tertiary/aromatic N) is 2. The van der Waals surface area contributed by atoms with Crippen molar-refractivity contribution in [2.45, 2.75) is 31.9 Å². The van der Waals surface area contributed by atoms with E-state index in [1.165, 1.54) is 0 Å². The summed E-state index contributed by atoms with van der Waals surface area (Å²) in [5.74, 6) is 0.798. The molecular weight excluding hydrogens is 260 g/mol. The van der Waals surface area contributed by atoms with Crippen molar-refractivity contribution < 1.29 is 9.59 Å². The van der Waals surface area contributed by atoms with E-state index in [1.54, 1.807) is 17.8 Å². The Bertz CT molecular complexity index is 342. The van der Waals surface area contributed by atoms with Crippen molar-refractivity contribution in [3.8, 4) is 0 Å². The summed E-state index contributed by atoms with van der Waals surface area (Å²) < 4.78 is 0.109. The Labute approximate surface area is 120 Å². The van der Waals surface area contributed by atoms with E-state index in [1.807, 2.05) is 9.80 Å². The molecule has 0 N–H and O–H groups in total. The molecule has 0 spiro atoms. The summed E-state index contributed by atoms with van der Waals surface area (Å²) in [5, 5.41) is 0. The van der Waals surface area contributed by atoms with Crippen LogP contribution in [0.4, 0.5) is 0 Å². The molecule has 0 aromatic carbocycles. The lowest BCUT2D eigenvalue weighted by molar-refractivity contribution is -0.137. The van der Waals surface area contributed by atoms with Gasteiger partial charge in [0.1, 0.15) is 0 Å². The van der Waals surface area contributed by atoms with Crippen LogP contribution in [0.2, 0.25) is 0 Å². The largest absolute Gasteiger partial charge is 0.339 e. The molecule has 0 bridgehead atoms. The first-order valence-electron chi connectivity index (χ1n) is 6.64. The summed E-state index contributed by atoms with van der Waals surface area (Å²) in [4.78, 5) is 27.4. The zero-order valence-electron chi connectivity index (χ0n) is 12.1. The van der Waals surface area contributed by atoms with Crippen molar-refractivity contribution in [1.82, 2.24) is 9.80 Å². The molecule has 2 amide bonds. The van der Waals surface area contributed by atoms with Crippen LogP contribution in [0.15, 0.2) is 12.7 Å². The molecule has 0 aromatic rings. The van der Waals surface area contributed by atoms with Gasteiger partial charge in [0, 0.05) is 37.3 Å². The van der Waals surface area contributed by atoms with Gasteiger partial charge >= 0.3 is 0 Å². The number of carbonyl (C=O) groups excluding carboxylic acids is 2. The van der Waals surface area contributed by atoms with Gasteiger partial charge in [0.25, 0.3) is 0 Å². The second-order valence-corrected chi connectivity index (χ2v) is 7.46. The molecule has 4 nitrogen and oxygen atoms in total. The van der Waals surface area contributed by atoms with Crippen molar-refractivity contribution >= 4 is 23.6 Å². The maximum absolute atomic E-state index is 12.0. The number of piperazine rings is 1. The normalized spacial score (nSPS) is 16.4. The molecule has 0 saturated carbocycles. The van der Waals surface area contributed by atoms with E-state index in [0.717, 1.165) is 0 Å². The summed E-state index contributed by atoms with van der Waals surface area (Å²) in [6, 6.07) is 0. The predicted octanol–water partition coefficient (Wildman–Crippen LogP) is 1.76. The second-order valence-electron chi connectivity index (χ2n) is 5.66. The zero-order chi connectivity index (χ0) is 14.5. The van der Waals surface area contributed by atoms with E-state index in [9.17, 15) is 9.59 Å². The lowest BCUT2D eigenvalue weighted by Gasteiger charge is -2.35. The van der Waals surface area contributed by atoms with Gasteiger partial charge in [0.2, 0.25) is 11.8 Å². The summed E-state index contributed by atoms with van der Waals surface area (Å²) in [5.41, 5.74) is 0. The minimum absolute atomic E-state index is 0.103. The van der Waals surface area contributed by atoms with Crippen LogP contribution in [-0.2, 0) is 9.59 Å². The maximum Gasteiger partial charge on any atom is 0.232 e. The van der Waals surface area contributed by atoms with Gasteiger partial charge in [0.15, 0.2) is 0 Å². The molecule has 1 fully saturated rings. The molecule has 0 aromatic heterocycles. The van der Waals surface area contributed by atoms with E-state index >= 15 is 0 Å². The van der Waals surface area contributed by atoms with Gasteiger partial charge in [-0.25, -0.2) is 0 Å². The summed E-state index contributed by atoms with van der Waals surface area (Å²) >= 11 is 1.67. The fourth-order valence-corrected chi connectivity index (χ4v) is 2.57. The highest BCUT2D eigenvalue weighted by Crippen LogP contribution is 2.23. The second kappa shape index (κ2) is 6.98. The molecule has 5 heteroatoms. The molecule has 0 radical (unpaired) electrons. The number of amides is 2. The molecule has 0 unspecified atom stereocenters. The van der Waals surface area contributed by atoms with Gasteiger partial charge in [-0.1, -0.05) is 26.8 Å². The number of carbonyl (C=O) groups is 2. The zero-order valence-corrected chi connectivity index (χ0v) is 13.0. The quantitative estimate of drug-likeness (QED) is 0.739.